The maximum Gasteiger partial charge on any atom is 0.232 e. The highest BCUT2D eigenvalue weighted by Crippen LogP contribution is 2.35. The minimum Gasteiger partial charge on any atom is -0.394 e. The first-order chi connectivity index (χ1) is 10.0. The molecule has 1 saturated heterocycles. The summed E-state index contributed by atoms with van der Waals surface area (Å²) in [5.74, 6) is -0.324. The van der Waals surface area contributed by atoms with Crippen LogP contribution in [0.15, 0.2) is 11.3 Å². The normalized spacial score (nSPS) is 32.3. The van der Waals surface area contributed by atoms with Crippen molar-refractivity contribution in [2.24, 2.45) is 10.7 Å². The molecule has 1 aromatic rings. The van der Waals surface area contributed by atoms with Gasteiger partial charge in [-0.3, -0.25) is 14.7 Å². The van der Waals surface area contributed by atoms with Gasteiger partial charge in [0, 0.05) is 0 Å². The Balaban J connectivity index is 1.98. The quantitative estimate of drug-likeness (QED) is 0.503. The largest absolute Gasteiger partial charge is 0.394 e. The van der Waals surface area contributed by atoms with E-state index in [0.717, 1.165) is 0 Å². The summed E-state index contributed by atoms with van der Waals surface area (Å²) in [6.45, 7) is -0.513. The number of imidazole rings is 1. The Kier molecular flexibility index (Phi) is 3.35. The summed E-state index contributed by atoms with van der Waals surface area (Å²) in [6.07, 6.45) is -4.23. The molecule has 1 amide bonds. The van der Waals surface area contributed by atoms with Crippen LogP contribution in [0.2, 0.25) is 0 Å². The van der Waals surface area contributed by atoms with E-state index in [1.165, 1.54) is 10.9 Å². The summed E-state index contributed by atoms with van der Waals surface area (Å²) in [5, 5.41) is 21.1. The summed E-state index contributed by atoms with van der Waals surface area (Å²) < 4.78 is 20.7. The van der Waals surface area contributed by atoms with Crippen molar-refractivity contribution in [3.05, 3.63) is 12.0 Å². The fourth-order valence-electron chi connectivity index (χ4n) is 2.39. The van der Waals surface area contributed by atoms with E-state index in [0.29, 0.717) is 5.69 Å². The van der Waals surface area contributed by atoms with Crippen molar-refractivity contribution < 1.29 is 24.1 Å². The zero-order chi connectivity index (χ0) is 15.1. The van der Waals surface area contributed by atoms with E-state index in [-0.39, 0.29) is 24.1 Å². The fraction of sp³-hybridized carbons (Fsp3) is 0.545. The molecule has 4 atom stereocenters. The van der Waals surface area contributed by atoms with E-state index in [2.05, 4.69) is 15.3 Å². The van der Waals surface area contributed by atoms with Gasteiger partial charge in [0.2, 0.25) is 11.9 Å². The van der Waals surface area contributed by atoms with Gasteiger partial charge in [0.25, 0.3) is 0 Å². The van der Waals surface area contributed by atoms with Gasteiger partial charge in [-0.15, -0.1) is 0 Å². The smallest absolute Gasteiger partial charge is 0.232 e. The molecule has 1 aromatic heterocycles. The third kappa shape index (κ3) is 2.26. The van der Waals surface area contributed by atoms with Crippen LogP contribution in [0.3, 0.4) is 0 Å². The molecule has 2 aliphatic heterocycles. The van der Waals surface area contributed by atoms with Gasteiger partial charge in [-0.2, -0.15) is 4.99 Å². The minimum atomic E-state index is -1.76. The lowest BCUT2D eigenvalue weighted by atomic mass is 10.1. The SMILES string of the molecule is NC1=Nc2c(ncn2C2OC(CO)C(O)C2F)CC(=O)N1. The van der Waals surface area contributed by atoms with Gasteiger partial charge >= 0.3 is 0 Å². The minimum absolute atomic E-state index is 0.0534. The Hall–Kier alpha value is -2.04. The molecule has 0 bridgehead atoms. The average molecular weight is 299 g/mol. The predicted octanol–water partition coefficient (Wildman–Crippen LogP) is -1.91. The number of hydrogen-bond donors (Lipinski definition) is 4. The van der Waals surface area contributed by atoms with Crippen molar-refractivity contribution in [2.45, 2.75) is 31.0 Å². The first kappa shape index (κ1) is 13.9. The number of alkyl halides is 1. The third-order valence-electron chi connectivity index (χ3n) is 3.41. The standard InChI is InChI=1S/C11H14FN5O4/c12-7-8(20)5(2-18)21-10(7)17-3-14-4-1-6(19)15-11(13)16-9(4)17/h3,5,7-8,10,18,20H,1-2H2,(H3,13,15,16,19). The Morgan fingerprint density at radius 2 is 2.38 bits per heavy atom. The van der Waals surface area contributed by atoms with Gasteiger partial charge in [-0.25, -0.2) is 9.37 Å². The fourth-order valence-corrected chi connectivity index (χ4v) is 2.39. The Labute approximate surface area is 118 Å². The van der Waals surface area contributed by atoms with Crippen LogP contribution in [0, 0.1) is 0 Å². The number of aliphatic hydroxyl groups is 2. The molecular formula is C11H14FN5O4. The van der Waals surface area contributed by atoms with Gasteiger partial charge < -0.3 is 20.7 Å². The number of hydrogen-bond acceptors (Lipinski definition) is 7. The summed E-state index contributed by atoms with van der Waals surface area (Å²) in [7, 11) is 0. The molecule has 3 heterocycles. The van der Waals surface area contributed by atoms with Crippen molar-refractivity contribution in [3.63, 3.8) is 0 Å². The molecule has 0 aliphatic carbocycles. The Morgan fingerprint density at radius 3 is 3.05 bits per heavy atom. The number of nitrogens with zero attached hydrogens (tertiary/aromatic N) is 3. The van der Waals surface area contributed by atoms with Crippen molar-refractivity contribution >= 4 is 17.7 Å². The maximum atomic E-state index is 14.1. The number of aliphatic imine (C=N–C) groups is 1. The Morgan fingerprint density at radius 1 is 1.62 bits per heavy atom. The topological polar surface area (TPSA) is 135 Å². The lowest BCUT2D eigenvalue weighted by Gasteiger charge is -2.16. The number of ether oxygens (including phenoxy) is 1. The second-order valence-electron chi connectivity index (χ2n) is 4.83. The van der Waals surface area contributed by atoms with E-state index >= 15 is 0 Å². The lowest BCUT2D eigenvalue weighted by Crippen LogP contribution is -2.36. The average Bonchev–Trinajstić information content (AvgIpc) is 2.88. The van der Waals surface area contributed by atoms with E-state index in [1.807, 2.05) is 0 Å². The van der Waals surface area contributed by atoms with Gasteiger partial charge in [0.1, 0.15) is 12.2 Å². The van der Waals surface area contributed by atoms with Gasteiger partial charge in [-0.1, -0.05) is 0 Å². The molecule has 9 nitrogen and oxygen atoms in total. The molecule has 10 heteroatoms. The molecular weight excluding hydrogens is 285 g/mol. The van der Waals surface area contributed by atoms with Crippen LogP contribution in [0.25, 0.3) is 0 Å². The molecule has 0 saturated carbocycles. The van der Waals surface area contributed by atoms with Crippen LogP contribution >= 0.6 is 0 Å². The number of fused-ring (bicyclic) bond motifs is 1. The molecule has 4 unspecified atom stereocenters. The molecule has 2 aliphatic rings. The zero-order valence-corrected chi connectivity index (χ0v) is 10.8. The zero-order valence-electron chi connectivity index (χ0n) is 10.8. The van der Waals surface area contributed by atoms with Crippen molar-refractivity contribution in [2.75, 3.05) is 6.61 Å². The first-order valence-electron chi connectivity index (χ1n) is 6.29. The first-order valence-corrected chi connectivity index (χ1v) is 6.29. The van der Waals surface area contributed by atoms with Crippen molar-refractivity contribution in [1.82, 2.24) is 14.9 Å². The summed E-state index contributed by atoms with van der Waals surface area (Å²) in [4.78, 5) is 19.5. The van der Waals surface area contributed by atoms with E-state index < -0.39 is 31.2 Å². The van der Waals surface area contributed by atoms with Gasteiger partial charge in [0.15, 0.2) is 18.2 Å². The van der Waals surface area contributed by atoms with Crippen LogP contribution in [-0.2, 0) is 16.0 Å². The molecule has 21 heavy (non-hydrogen) atoms. The number of carbonyl (C=O) groups excluding carboxylic acids is 1. The lowest BCUT2D eigenvalue weighted by molar-refractivity contribution is -0.119. The highest BCUT2D eigenvalue weighted by atomic mass is 19.1. The third-order valence-corrected chi connectivity index (χ3v) is 3.41. The van der Waals surface area contributed by atoms with Crippen LogP contribution in [0.1, 0.15) is 11.9 Å². The van der Waals surface area contributed by atoms with E-state index in [1.54, 1.807) is 0 Å². The highest BCUT2D eigenvalue weighted by molar-refractivity contribution is 5.99. The van der Waals surface area contributed by atoms with E-state index in [9.17, 15) is 14.3 Å². The molecule has 3 rings (SSSR count). The van der Waals surface area contributed by atoms with Crippen LogP contribution in [0.5, 0.6) is 0 Å². The van der Waals surface area contributed by atoms with Crippen LogP contribution < -0.4 is 11.1 Å². The Bertz CT molecular complexity index is 603. The molecule has 0 spiro atoms. The van der Waals surface area contributed by atoms with Crippen LogP contribution in [-0.4, -0.2) is 56.6 Å². The number of aromatic nitrogens is 2. The monoisotopic (exact) mass is 299 g/mol. The number of amides is 1. The molecule has 1 fully saturated rings. The second kappa shape index (κ2) is 5.06. The van der Waals surface area contributed by atoms with Gasteiger partial charge in [0.05, 0.1) is 25.0 Å². The molecule has 0 radical (unpaired) electrons. The van der Waals surface area contributed by atoms with Crippen LogP contribution in [0.4, 0.5) is 10.2 Å². The molecule has 114 valence electrons. The summed E-state index contributed by atoms with van der Waals surface area (Å²) in [6, 6.07) is 0. The predicted molar refractivity (Wildman–Crippen MR) is 67.3 cm³/mol. The number of aliphatic hydroxyl groups excluding tert-OH is 2. The van der Waals surface area contributed by atoms with Crippen molar-refractivity contribution in [1.29, 1.82) is 0 Å². The number of nitrogens with two attached hydrogens (primary N) is 1. The van der Waals surface area contributed by atoms with Crippen molar-refractivity contribution in [3.8, 4) is 0 Å². The molecule has 0 aromatic carbocycles. The molecule has 5 N–H and O–H groups in total. The summed E-state index contributed by atoms with van der Waals surface area (Å²) in [5.41, 5.74) is 5.86. The number of halogens is 1. The number of rotatable bonds is 2. The second-order valence-corrected chi connectivity index (χ2v) is 4.83. The number of nitrogens with one attached hydrogen (secondary N) is 1. The van der Waals surface area contributed by atoms with E-state index in [4.69, 9.17) is 15.6 Å². The van der Waals surface area contributed by atoms with Gasteiger partial charge in [-0.05, 0) is 0 Å². The number of carbonyl (C=O) groups is 1. The summed E-state index contributed by atoms with van der Waals surface area (Å²) >= 11 is 0. The maximum absolute atomic E-state index is 14.1. The number of guanidine groups is 1. The highest BCUT2D eigenvalue weighted by Gasteiger charge is 2.45.